The highest BCUT2D eigenvalue weighted by atomic mass is 32.1. The summed E-state index contributed by atoms with van der Waals surface area (Å²) >= 11 is 3.19. The van der Waals surface area contributed by atoms with Crippen LogP contribution in [0.5, 0.6) is 0 Å². The molecule has 0 aliphatic heterocycles. The molecule has 0 spiro atoms. The van der Waals surface area contributed by atoms with Gasteiger partial charge in [-0.3, -0.25) is 4.79 Å². The number of hydrogen-bond donors (Lipinski definition) is 1. The van der Waals surface area contributed by atoms with Crippen LogP contribution in [0.2, 0.25) is 0 Å². The third-order valence-corrected chi connectivity index (χ3v) is 4.66. The number of thiophene rings is 2. The molecule has 0 radical (unpaired) electrons. The molecule has 0 saturated heterocycles. The molecule has 0 fully saturated rings. The van der Waals surface area contributed by atoms with Crippen molar-refractivity contribution in [1.29, 1.82) is 0 Å². The van der Waals surface area contributed by atoms with Gasteiger partial charge in [-0.05, 0) is 30.9 Å². The zero-order chi connectivity index (χ0) is 12.4. The normalized spacial score (nSPS) is 12.9. The van der Waals surface area contributed by atoms with E-state index in [0.717, 1.165) is 4.88 Å². The van der Waals surface area contributed by atoms with E-state index in [4.69, 9.17) is 0 Å². The Morgan fingerprint density at radius 2 is 2.29 bits per heavy atom. The maximum Gasteiger partial charge on any atom is 0.263 e. The average Bonchev–Trinajstić information content (AvgIpc) is 2.84. The molecule has 2 aromatic heterocycles. The van der Waals surface area contributed by atoms with E-state index in [1.807, 2.05) is 17.5 Å². The molecule has 1 amide bonds. The Kier molecular flexibility index (Phi) is 3.81. The molecule has 3 nitrogen and oxygen atoms in total. The summed E-state index contributed by atoms with van der Waals surface area (Å²) < 4.78 is 2.34. The number of carbonyl (C=O) groups excluding carboxylic acids is 1. The fraction of sp³-hybridized carbons (Fsp3) is 0.417. The molecule has 1 unspecified atom stereocenters. The number of aliphatic hydroxyl groups excluding tert-OH is 1. The fourth-order valence-corrected chi connectivity index (χ4v) is 3.64. The summed E-state index contributed by atoms with van der Waals surface area (Å²) in [5, 5.41) is 11.2. The Balaban J connectivity index is 2.06. The van der Waals surface area contributed by atoms with E-state index < -0.39 is 0 Å². The largest absolute Gasteiger partial charge is 0.393 e. The second-order valence-electron chi connectivity index (χ2n) is 4.12. The van der Waals surface area contributed by atoms with Gasteiger partial charge in [-0.1, -0.05) is 0 Å². The number of rotatable bonds is 4. The number of aliphatic hydroxyl groups is 1. The standard InChI is InChI=1S/C12H15NO2S2/c1-8(14)3-5-13(2)12(15)11-7-10-9(17-11)4-6-16-10/h4,6-8,14H,3,5H2,1-2H3. The summed E-state index contributed by atoms with van der Waals surface area (Å²) in [4.78, 5) is 14.5. The van der Waals surface area contributed by atoms with Crippen LogP contribution >= 0.6 is 22.7 Å². The lowest BCUT2D eigenvalue weighted by molar-refractivity contribution is 0.0774. The monoisotopic (exact) mass is 269 g/mol. The van der Waals surface area contributed by atoms with Gasteiger partial charge in [-0.2, -0.15) is 0 Å². The molecule has 0 aliphatic rings. The first-order valence-corrected chi connectivity index (χ1v) is 7.18. The first kappa shape index (κ1) is 12.5. The summed E-state index contributed by atoms with van der Waals surface area (Å²) in [5.74, 6) is 0.0408. The molecule has 2 heterocycles. The number of amides is 1. The summed E-state index contributed by atoms with van der Waals surface area (Å²) in [5.41, 5.74) is 0. The summed E-state index contributed by atoms with van der Waals surface area (Å²) in [7, 11) is 1.78. The topological polar surface area (TPSA) is 40.5 Å². The summed E-state index contributed by atoms with van der Waals surface area (Å²) in [6, 6.07) is 3.99. The Hall–Kier alpha value is -0.910. The van der Waals surface area contributed by atoms with Crippen molar-refractivity contribution in [3.05, 3.63) is 22.4 Å². The Labute approximate surface area is 108 Å². The van der Waals surface area contributed by atoms with Crippen LogP contribution in [0.25, 0.3) is 9.40 Å². The van der Waals surface area contributed by atoms with Gasteiger partial charge in [0.25, 0.3) is 5.91 Å². The van der Waals surface area contributed by atoms with E-state index in [1.165, 1.54) is 20.7 Å². The van der Waals surface area contributed by atoms with Crippen LogP contribution in [-0.4, -0.2) is 35.6 Å². The molecule has 5 heteroatoms. The van der Waals surface area contributed by atoms with Crippen LogP contribution < -0.4 is 0 Å². The van der Waals surface area contributed by atoms with E-state index in [1.54, 1.807) is 30.2 Å². The Bertz CT molecular complexity index is 487. The van der Waals surface area contributed by atoms with Crippen LogP contribution in [0.15, 0.2) is 17.5 Å². The van der Waals surface area contributed by atoms with E-state index in [9.17, 15) is 9.90 Å². The van der Waals surface area contributed by atoms with Crippen LogP contribution in [-0.2, 0) is 0 Å². The molecule has 0 aromatic carbocycles. The third-order valence-electron chi connectivity index (χ3n) is 2.58. The van der Waals surface area contributed by atoms with Crippen LogP contribution in [0.3, 0.4) is 0 Å². The van der Waals surface area contributed by atoms with Gasteiger partial charge in [0.05, 0.1) is 11.0 Å². The lowest BCUT2D eigenvalue weighted by Gasteiger charge is -2.16. The van der Waals surface area contributed by atoms with Gasteiger partial charge >= 0.3 is 0 Å². The number of hydrogen-bond acceptors (Lipinski definition) is 4. The van der Waals surface area contributed by atoms with Gasteiger partial charge in [-0.15, -0.1) is 22.7 Å². The van der Waals surface area contributed by atoms with Crippen molar-refractivity contribution in [1.82, 2.24) is 4.90 Å². The smallest absolute Gasteiger partial charge is 0.263 e. The Morgan fingerprint density at radius 1 is 1.53 bits per heavy atom. The van der Waals surface area contributed by atoms with E-state index in [0.29, 0.717) is 13.0 Å². The minimum Gasteiger partial charge on any atom is -0.393 e. The van der Waals surface area contributed by atoms with Gasteiger partial charge < -0.3 is 10.0 Å². The number of carbonyl (C=O) groups is 1. The van der Waals surface area contributed by atoms with Crippen molar-refractivity contribution in [2.24, 2.45) is 0 Å². The molecular weight excluding hydrogens is 254 g/mol. The molecular formula is C12H15NO2S2. The predicted molar refractivity (Wildman–Crippen MR) is 73.0 cm³/mol. The molecule has 1 atom stereocenters. The van der Waals surface area contributed by atoms with Crippen molar-refractivity contribution in [3.8, 4) is 0 Å². The first-order valence-electron chi connectivity index (χ1n) is 5.48. The minimum atomic E-state index is -0.364. The number of fused-ring (bicyclic) bond motifs is 1. The molecule has 1 N–H and O–H groups in total. The maximum absolute atomic E-state index is 12.1. The van der Waals surface area contributed by atoms with Gasteiger partial charge in [0, 0.05) is 23.0 Å². The molecule has 2 rings (SSSR count). The van der Waals surface area contributed by atoms with Crippen molar-refractivity contribution < 1.29 is 9.90 Å². The minimum absolute atomic E-state index is 0.0408. The zero-order valence-corrected chi connectivity index (χ0v) is 11.5. The van der Waals surface area contributed by atoms with Gasteiger partial charge in [0.1, 0.15) is 0 Å². The van der Waals surface area contributed by atoms with E-state index in [2.05, 4.69) is 0 Å². The van der Waals surface area contributed by atoms with Gasteiger partial charge in [-0.25, -0.2) is 0 Å². The molecule has 0 aliphatic carbocycles. The SMILES string of the molecule is CC(O)CCN(C)C(=O)c1cc2sccc2s1. The van der Waals surface area contributed by atoms with E-state index in [-0.39, 0.29) is 12.0 Å². The van der Waals surface area contributed by atoms with Crippen molar-refractivity contribution >= 4 is 38.0 Å². The highest BCUT2D eigenvalue weighted by Crippen LogP contribution is 2.30. The van der Waals surface area contributed by atoms with E-state index >= 15 is 0 Å². The first-order chi connectivity index (χ1) is 8.08. The summed E-state index contributed by atoms with van der Waals surface area (Å²) in [6.07, 6.45) is 0.249. The fourth-order valence-electron chi connectivity index (χ4n) is 1.54. The van der Waals surface area contributed by atoms with Crippen LogP contribution in [0.4, 0.5) is 0 Å². The lowest BCUT2D eigenvalue weighted by Crippen LogP contribution is -2.28. The van der Waals surface area contributed by atoms with Gasteiger partial charge in [0.15, 0.2) is 0 Å². The molecule has 0 bridgehead atoms. The third kappa shape index (κ3) is 2.86. The van der Waals surface area contributed by atoms with Crippen LogP contribution in [0.1, 0.15) is 23.0 Å². The van der Waals surface area contributed by atoms with Crippen molar-refractivity contribution in [2.75, 3.05) is 13.6 Å². The highest BCUT2D eigenvalue weighted by Gasteiger charge is 2.15. The molecule has 0 saturated carbocycles. The molecule has 2 aromatic rings. The second-order valence-corrected chi connectivity index (χ2v) is 6.16. The Morgan fingerprint density at radius 3 is 2.94 bits per heavy atom. The van der Waals surface area contributed by atoms with Gasteiger partial charge in [0.2, 0.25) is 0 Å². The molecule has 17 heavy (non-hydrogen) atoms. The van der Waals surface area contributed by atoms with Crippen molar-refractivity contribution in [2.45, 2.75) is 19.4 Å². The molecule has 92 valence electrons. The quantitative estimate of drug-likeness (QED) is 0.927. The highest BCUT2D eigenvalue weighted by molar-refractivity contribution is 7.27. The summed E-state index contributed by atoms with van der Waals surface area (Å²) in [6.45, 7) is 2.32. The van der Waals surface area contributed by atoms with Crippen molar-refractivity contribution in [3.63, 3.8) is 0 Å². The predicted octanol–water partition coefficient (Wildman–Crippen LogP) is 2.81. The number of nitrogens with zero attached hydrogens (tertiary/aromatic N) is 1. The second kappa shape index (κ2) is 5.16. The zero-order valence-electron chi connectivity index (χ0n) is 9.84. The van der Waals surface area contributed by atoms with Crippen LogP contribution in [0, 0.1) is 0 Å². The maximum atomic E-state index is 12.1. The average molecular weight is 269 g/mol. The lowest BCUT2D eigenvalue weighted by atomic mass is 10.2.